The van der Waals surface area contributed by atoms with Gasteiger partial charge in [0.15, 0.2) is 0 Å². The number of likely N-dealkylation sites (N-methyl/N-ethyl adjacent to an activating group) is 1. The Morgan fingerprint density at radius 3 is 2.55 bits per heavy atom. The molecular formula is C24H34FN5O. The molecule has 6 nitrogen and oxygen atoms in total. The lowest BCUT2D eigenvalue weighted by molar-refractivity contribution is 0.202. The Labute approximate surface area is 185 Å². The van der Waals surface area contributed by atoms with Gasteiger partial charge in [-0.05, 0) is 56.8 Å². The van der Waals surface area contributed by atoms with Gasteiger partial charge in [-0.15, -0.1) is 0 Å². The molecule has 0 saturated heterocycles. The fourth-order valence-corrected chi connectivity index (χ4v) is 4.02. The summed E-state index contributed by atoms with van der Waals surface area (Å²) in [4.78, 5) is 22.9. The summed E-state index contributed by atoms with van der Waals surface area (Å²) in [5.41, 5.74) is 2.00. The van der Waals surface area contributed by atoms with E-state index in [1.54, 1.807) is 29.4 Å². The second kappa shape index (κ2) is 11.1. The van der Waals surface area contributed by atoms with Crippen molar-refractivity contribution in [1.82, 2.24) is 14.8 Å². The molecule has 1 fully saturated rings. The summed E-state index contributed by atoms with van der Waals surface area (Å²) in [7, 11) is 5.90. The minimum Gasteiger partial charge on any atom is -0.369 e. The van der Waals surface area contributed by atoms with Gasteiger partial charge in [-0.2, -0.15) is 0 Å². The van der Waals surface area contributed by atoms with Crippen LogP contribution in [0.3, 0.4) is 0 Å². The van der Waals surface area contributed by atoms with Crippen LogP contribution in [0, 0.1) is 5.82 Å². The molecule has 0 unspecified atom stereocenters. The summed E-state index contributed by atoms with van der Waals surface area (Å²) >= 11 is 0. The number of halogens is 1. The van der Waals surface area contributed by atoms with E-state index in [0.29, 0.717) is 30.5 Å². The first kappa shape index (κ1) is 23.0. The highest BCUT2D eigenvalue weighted by Gasteiger charge is 2.21. The van der Waals surface area contributed by atoms with Crippen molar-refractivity contribution in [1.29, 1.82) is 0 Å². The second-order valence-electron chi connectivity index (χ2n) is 8.59. The Kier molecular flexibility index (Phi) is 8.23. The minimum atomic E-state index is -0.307. The van der Waals surface area contributed by atoms with Crippen LogP contribution in [-0.4, -0.2) is 61.1 Å². The van der Waals surface area contributed by atoms with E-state index >= 15 is 0 Å². The van der Waals surface area contributed by atoms with Crippen LogP contribution in [0.2, 0.25) is 0 Å². The minimum absolute atomic E-state index is 0.251. The van der Waals surface area contributed by atoms with Gasteiger partial charge in [-0.25, -0.2) is 9.18 Å². The maximum atomic E-state index is 14.9. The molecule has 1 saturated carbocycles. The Balaban J connectivity index is 1.68. The summed E-state index contributed by atoms with van der Waals surface area (Å²) in [6, 6.07) is 8.89. The topological polar surface area (TPSA) is 51.7 Å². The molecule has 0 atom stereocenters. The van der Waals surface area contributed by atoms with E-state index in [0.717, 1.165) is 24.9 Å². The van der Waals surface area contributed by atoms with Crippen molar-refractivity contribution in [3.63, 3.8) is 0 Å². The smallest absolute Gasteiger partial charge is 0.322 e. The number of nitrogens with zero attached hydrogens (tertiary/aromatic N) is 4. The van der Waals surface area contributed by atoms with E-state index in [-0.39, 0.29) is 11.8 Å². The number of amides is 2. The molecule has 168 valence electrons. The Hall–Kier alpha value is -2.67. The SMILES string of the molecule is CN(C)CCN(Cc1cccnc1)C(=O)Nc1ccc(N(C)C2CCCCC2)c(F)c1. The molecule has 1 heterocycles. The number of aromatic nitrogens is 1. The van der Waals surface area contributed by atoms with Gasteiger partial charge >= 0.3 is 6.03 Å². The highest BCUT2D eigenvalue weighted by atomic mass is 19.1. The second-order valence-corrected chi connectivity index (χ2v) is 8.59. The van der Waals surface area contributed by atoms with E-state index in [2.05, 4.69) is 10.3 Å². The van der Waals surface area contributed by atoms with E-state index in [9.17, 15) is 9.18 Å². The third kappa shape index (κ3) is 6.66. The monoisotopic (exact) mass is 427 g/mol. The number of benzene rings is 1. The first-order valence-electron chi connectivity index (χ1n) is 11.1. The third-order valence-electron chi connectivity index (χ3n) is 5.90. The largest absolute Gasteiger partial charge is 0.369 e. The molecule has 1 N–H and O–H groups in total. The van der Waals surface area contributed by atoms with Crippen LogP contribution in [0.25, 0.3) is 0 Å². The Bertz CT molecular complexity index is 839. The molecule has 1 aliphatic carbocycles. The van der Waals surface area contributed by atoms with Crippen molar-refractivity contribution >= 4 is 17.4 Å². The molecule has 7 heteroatoms. The number of anilines is 2. The number of hydrogen-bond acceptors (Lipinski definition) is 4. The average molecular weight is 428 g/mol. The van der Waals surface area contributed by atoms with Crippen LogP contribution in [0.1, 0.15) is 37.7 Å². The fraction of sp³-hybridized carbons (Fsp3) is 0.500. The summed E-state index contributed by atoms with van der Waals surface area (Å²) in [5.74, 6) is -0.307. The first-order valence-corrected chi connectivity index (χ1v) is 11.1. The van der Waals surface area contributed by atoms with Crippen molar-refractivity contribution in [2.75, 3.05) is 44.4 Å². The number of pyridine rings is 1. The van der Waals surface area contributed by atoms with Gasteiger partial charge in [0.05, 0.1) is 5.69 Å². The van der Waals surface area contributed by atoms with Gasteiger partial charge in [0.2, 0.25) is 0 Å². The molecule has 1 aromatic heterocycles. The van der Waals surface area contributed by atoms with Crippen molar-refractivity contribution < 1.29 is 9.18 Å². The van der Waals surface area contributed by atoms with Gasteiger partial charge in [-0.1, -0.05) is 25.3 Å². The molecule has 1 aromatic carbocycles. The molecule has 31 heavy (non-hydrogen) atoms. The Morgan fingerprint density at radius 1 is 1.13 bits per heavy atom. The van der Waals surface area contributed by atoms with E-state index in [1.165, 1.54) is 25.3 Å². The van der Waals surface area contributed by atoms with Gasteiger partial charge in [-0.3, -0.25) is 4.98 Å². The molecule has 0 spiro atoms. The van der Waals surface area contributed by atoms with Crippen LogP contribution in [-0.2, 0) is 6.54 Å². The summed E-state index contributed by atoms with van der Waals surface area (Å²) in [6.45, 7) is 1.73. The van der Waals surface area contributed by atoms with Crippen LogP contribution in [0.4, 0.5) is 20.6 Å². The predicted molar refractivity (Wildman–Crippen MR) is 124 cm³/mol. The molecule has 3 rings (SSSR count). The summed E-state index contributed by atoms with van der Waals surface area (Å²) < 4.78 is 14.9. The number of carbonyl (C=O) groups is 1. The van der Waals surface area contributed by atoms with Crippen LogP contribution < -0.4 is 10.2 Å². The molecule has 1 aliphatic rings. The Morgan fingerprint density at radius 2 is 1.90 bits per heavy atom. The van der Waals surface area contributed by atoms with Gasteiger partial charge in [0, 0.05) is 50.8 Å². The third-order valence-corrected chi connectivity index (χ3v) is 5.90. The number of rotatable bonds is 8. The standard InChI is InChI=1S/C24H34FN5O/c1-28(2)14-15-30(18-19-8-7-13-26-17-19)24(31)27-20-11-12-23(22(25)16-20)29(3)21-9-5-4-6-10-21/h7-8,11-13,16-17,21H,4-6,9-10,14-15,18H2,1-3H3,(H,27,31). The van der Waals surface area contributed by atoms with Crippen molar-refractivity contribution in [3.05, 3.63) is 54.1 Å². The summed E-state index contributed by atoms with van der Waals surface area (Å²) in [5, 5.41) is 2.86. The van der Waals surface area contributed by atoms with Gasteiger partial charge in [0.25, 0.3) is 0 Å². The fourth-order valence-electron chi connectivity index (χ4n) is 4.02. The van der Waals surface area contributed by atoms with Crippen LogP contribution >= 0.6 is 0 Å². The highest BCUT2D eigenvalue weighted by molar-refractivity contribution is 5.89. The van der Waals surface area contributed by atoms with E-state index in [1.807, 2.05) is 43.1 Å². The molecular weight excluding hydrogens is 393 g/mol. The lowest BCUT2D eigenvalue weighted by Crippen LogP contribution is -2.39. The maximum Gasteiger partial charge on any atom is 0.322 e. The van der Waals surface area contributed by atoms with Crippen molar-refractivity contribution in [2.45, 2.75) is 44.7 Å². The van der Waals surface area contributed by atoms with Gasteiger partial charge < -0.3 is 20.0 Å². The quantitative estimate of drug-likeness (QED) is 0.670. The van der Waals surface area contributed by atoms with Gasteiger partial charge in [0.1, 0.15) is 5.82 Å². The predicted octanol–water partition coefficient (Wildman–Crippen LogP) is 4.59. The first-order chi connectivity index (χ1) is 14.9. The molecule has 0 radical (unpaired) electrons. The van der Waals surface area contributed by atoms with Crippen LogP contribution in [0.15, 0.2) is 42.7 Å². The molecule has 2 amide bonds. The number of carbonyl (C=O) groups excluding carboxylic acids is 1. The van der Waals surface area contributed by atoms with Crippen molar-refractivity contribution in [2.24, 2.45) is 0 Å². The zero-order valence-corrected chi connectivity index (χ0v) is 18.9. The van der Waals surface area contributed by atoms with E-state index in [4.69, 9.17) is 0 Å². The number of nitrogens with one attached hydrogen (secondary N) is 1. The molecule has 0 bridgehead atoms. The summed E-state index contributed by atoms with van der Waals surface area (Å²) in [6.07, 6.45) is 9.33. The number of hydrogen-bond donors (Lipinski definition) is 1. The zero-order chi connectivity index (χ0) is 22.2. The van der Waals surface area contributed by atoms with E-state index < -0.39 is 0 Å². The average Bonchev–Trinajstić information content (AvgIpc) is 2.77. The van der Waals surface area contributed by atoms with Crippen molar-refractivity contribution in [3.8, 4) is 0 Å². The molecule has 2 aromatic rings. The normalized spacial score (nSPS) is 14.5. The number of urea groups is 1. The lowest BCUT2D eigenvalue weighted by Gasteiger charge is -2.33. The maximum absolute atomic E-state index is 14.9. The highest BCUT2D eigenvalue weighted by Crippen LogP contribution is 2.29. The lowest BCUT2D eigenvalue weighted by atomic mass is 9.94. The molecule has 0 aliphatic heterocycles. The zero-order valence-electron chi connectivity index (χ0n) is 18.9. The van der Waals surface area contributed by atoms with Crippen LogP contribution in [0.5, 0.6) is 0 Å².